The van der Waals surface area contributed by atoms with Crippen molar-refractivity contribution in [2.45, 2.75) is 13.0 Å². The smallest absolute Gasteiger partial charge is 0.279 e. The van der Waals surface area contributed by atoms with E-state index in [-0.39, 0.29) is 11.2 Å². The molecule has 7 nitrogen and oxygen atoms in total. The normalized spacial score (nSPS) is 11.5. The van der Waals surface area contributed by atoms with Crippen LogP contribution in [0.1, 0.15) is 16.8 Å². The number of rotatable bonds is 4. The lowest BCUT2D eigenvalue weighted by Gasteiger charge is -2.04. The van der Waals surface area contributed by atoms with Gasteiger partial charge < -0.3 is 0 Å². The maximum absolute atomic E-state index is 12.8. The Bertz CT molecular complexity index is 1510. The number of benzene rings is 1. The second-order valence-electron chi connectivity index (χ2n) is 7.38. The van der Waals surface area contributed by atoms with Crippen LogP contribution in [0.2, 0.25) is 0 Å². The molecule has 0 aliphatic heterocycles. The number of hydrogen-bond donors (Lipinski definition) is 0. The summed E-state index contributed by atoms with van der Waals surface area (Å²) < 4.78 is 6.54. The molecule has 150 valence electrons. The molecule has 0 N–H and O–H groups in total. The van der Waals surface area contributed by atoms with Crippen LogP contribution in [-0.2, 0) is 27.1 Å². The Hall–Kier alpha value is -3.52. The van der Waals surface area contributed by atoms with Gasteiger partial charge >= 0.3 is 5.69 Å². The van der Waals surface area contributed by atoms with Gasteiger partial charge in [-0.3, -0.25) is 18.3 Å². The highest BCUT2D eigenvalue weighted by Crippen LogP contribution is 2.20. The van der Waals surface area contributed by atoms with Crippen molar-refractivity contribution >= 4 is 27.5 Å². The Balaban J connectivity index is 1.57. The Morgan fingerprint density at radius 1 is 1.00 bits per heavy atom. The predicted octanol–water partition coefficient (Wildman–Crippen LogP) is 1.87. The molecule has 0 bridgehead atoms. The van der Waals surface area contributed by atoms with Crippen LogP contribution in [-0.4, -0.2) is 18.5 Å². The van der Waals surface area contributed by atoms with Gasteiger partial charge in [-0.25, -0.2) is 9.78 Å². The Kier molecular flexibility index (Phi) is 4.36. The van der Waals surface area contributed by atoms with Crippen molar-refractivity contribution in [2.75, 3.05) is 0 Å². The molecule has 30 heavy (non-hydrogen) atoms. The van der Waals surface area contributed by atoms with E-state index in [2.05, 4.69) is 33.9 Å². The van der Waals surface area contributed by atoms with Crippen molar-refractivity contribution in [3.63, 3.8) is 0 Å². The van der Waals surface area contributed by atoms with E-state index in [0.29, 0.717) is 22.7 Å². The van der Waals surface area contributed by atoms with Gasteiger partial charge in [0.1, 0.15) is 5.69 Å². The van der Waals surface area contributed by atoms with E-state index in [1.165, 1.54) is 34.1 Å². The van der Waals surface area contributed by atoms with Gasteiger partial charge in [-0.2, -0.15) is 4.57 Å². The third kappa shape index (κ3) is 2.96. The lowest BCUT2D eigenvalue weighted by atomic mass is 10.1. The van der Waals surface area contributed by atoms with Crippen LogP contribution < -0.4 is 15.8 Å². The number of aromatic nitrogens is 5. The molecule has 0 radical (unpaired) electrons. The van der Waals surface area contributed by atoms with Crippen molar-refractivity contribution in [2.24, 2.45) is 14.1 Å². The molecule has 0 fully saturated rings. The zero-order chi connectivity index (χ0) is 20.8. The van der Waals surface area contributed by atoms with Gasteiger partial charge in [-0.05, 0) is 11.6 Å². The molecule has 0 amide bonds. The molecule has 4 heterocycles. The second-order valence-corrected chi connectivity index (χ2v) is 8.22. The minimum atomic E-state index is -0.372. The summed E-state index contributed by atoms with van der Waals surface area (Å²) in [4.78, 5) is 30.3. The largest absolute Gasteiger partial charge is 0.332 e. The fourth-order valence-corrected chi connectivity index (χ4v) is 4.67. The molecule has 5 aromatic rings. The third-order valence-electron chi connectivity index (χ3n) is 5.33. The number of hydrogen-bond acceptors (Lipinski definition) is 4. The molecule has 8 heteroatoms. The van der Waals surface area contributed by atoms with Crippen LogP contribution in [0, 0.1) is 0 Å². The fourth-order valence-electron chi connectivity index (χ4n) is 3.80. The van der Waals surface area contributed by atoms with E-state index in [1.54, 1.807) is 7.05 Å². The number of pyridine rings is 1. The van der Waals surface area contributed by atoms with Crippen LogP contribution in [0.3, 0.4) is 0 Å². The maximum atomic E-state index is 12.8. The molecule has 0 aliphatic rings. The van der Waals surface area contributed by atoms with Gasteiger partial charge in [0.05, 0.1) is 0 Å². The first kappa shape index (κ1) is 18.5. The van der Waals surface area contributed by atoms with Crippen LogP contribution in [0.5, 0.6) is 0 Å². The molecule has 0 atom stereocenters. The zero-order valence-electron chi connectivity index (χ0n) is 16.6. The van der Waals surface area contributed by atoms with E-state index in [9.17, 15) is 9.59 Å². The lowest BCUT2D eigenvalue weighted by Crippen LogP contribution is -2.38. The Morgan fingerprint density at radius 3 is 2.57 bits per heavy atom. The Labute approximate surface area is 175 Å². The molecular weight excluding hydrogens is 398 g/mol. The van der Waals surface area contributed by atoms with Crippen molar-refractivity contribution in [1.82, 2.24) is 18.5 Å². The summed E-state index contributed by atoms with van der Waals surface area (Å²) in [5.41, 5.74) is 3.58. The summed E-state index contributed by atoms with van der Waals surface area (Å²) in [6.45, 7) is 0.597. The number of fused-ring (bicyclic) bond motifs is 3. The number of aryl methyl sites for hydroxylation is 1. The summed E-state index contributed by atoms with van der Waals surface area (Å²) >= 11 is 1.47. The first-order chi connectivity index (χ1) is 14.5. The molecule has 0 saturated carbocycles. The summed E-state index contributed by atoms with van der Waals surface area (Å²) in [5, 5.41) is 2.02. The highest BCUT2D eigenvalue weighted by Gasteiger charge is 2.20. The zero-order valence-corrected chi connectivity index (χ0v) is 17.5. The highest BCUT2D eigenvalue weighted by molar-refractivity contribution is 7.15. The molecule has 0 saturated heterocycles. The standard InChI is InChI=1S/C22H20N5O2S/c1-24-19-18(20(28)25(2)22(24)29)27-17(14-30-21(27)23-19)13-26-10-6-9-16(12-26)11-15-7-4-3-5-8-15/h3-10,12,14H,11,13H2,1-2H3/q+1. The second kappa shape index (κ2) is 7.07. The van der Waals surface area contributed by atoms with Crippen molar-refractivity contribution < 1.29 is 4.57 Å². The molecule has 0 aliphatic carbocycles. The van der Waals surface area contributed by atoms with E-state index < -0.39 is 0 Å². The van der Waals surface area contributed by atoms with Crippen molar-refractivity contribution in [3.8, 4) is 0 Å². The average Bonchev–Trinajstić information content (AvgIpc) is 3.32. The first-order valence-corrected chi connectivity index (χ1v) is 10.5. The number of thiazole rings is 1. The maximum Gasteiger partial charge on any atom is 0.332 e. The Morgan fingerprint density at radius 2 is 1.77 bits per heavy atom. The van der Waals surface area contributed by atoms with Gasteiger partial charge in [-0.15, -0.1) is 11.3 Å². The molecule has 0 unspecified atom stereocenters. The monoisotopic (exact) mass is 418 g/mol. The quantitative estimate of drug-likeness (QED) is 0.419. The van der Waals surface area contributed by atoms with Gasteiger partial charge in [0.15, 0.2) is 35.1 Å². The minimum absolute atomic E-state index is 0.330. The van der Waals surface area contributed by atoms with E-state index in [1.807, 2.05) is 40.2 Å². The van der Waals surface area contributed by atoms with Gasteiger partial charge in [0.2, 0.25) is 0 Å². The van der Waals surface area contributed by atoms with Crippen LogP contribution in [0.15, 0.2) is 69.8 Å². The third-order valence-corrected chi connectivity index (χ3v) is 6.20. The molecule has 1 aromatic carbocycles. The predicted molar refractivity (Wildman–Crippen MR) is 116 cm³/mol. The van der Waals surface area contributed by atoms with Crippen LogP contribution >= 0.6 is 11.3 Å². The van der Waals surface area contributed by atoms with Crippen LogP contribution in [0.25, 0.3) is 16.1 Å². The highest BCUT2D eigenvalue weighted by atomic mass is 32.1. The SMILES string of the molecule is Cn1c(=O)c2c(nc3scc(C[n+]4cccc(Cc5ccccc5)c4)n32)n(C)c1=O. The molecule has 5 rings (SSSR count). The average molecular weight is 419 g/mol. The lowest BCUT2D eigenvalue weighted by molar-refractivity contribution is -0.689. The van der Waals surface area contributed by atoms with E-state index >= 15 is 0 Å². The van der Waals surface area contributed by atoms with Crippen molar-refractivity contribution in [3.05, 3.63) is 97.9 Å². The molecule has 0 spiro atoms. The van der Waals surface area contributed by atoms with E-state index in [4.69, 9.17) is 0 Å². The topological polar surface area (TPSA) is 65.2 Å². The van der Waals surface area contributed by atoms with Crippen LogP contribution in [0.4, 0.5) is 0 Å². The first-order valence-electron chi connectivity index (χ1n) is 9.59. The minimum Gasteiger partial charge on any atom is -0.279 e. The van der Waals surface area contributed by atoms with E-state index in [0.717, 1.165) is 16.7 Å². The van der Waals surface area contributed by atoms with Gasteiger partial charge in [0.25, 0.3) is 5.56 Å². The molecule has 4 aromatic heterocycles. The van der Waals surface area contributed by atoms with Crippen molar-refractivity contribution in [1.29, 1.82) is 0 Å². The number of nitrogens with zero attached hydrogens (tertiary/aromatic N) is 5. The van der Waals surface area contributed by atoms with Gasteiger partial charge in [-0.1, -0.05) is 30.3 Å². The number of imidazole rings is 1. The summed E-state index contributed by atoms with van der Waals surface area (Å²) in [6.07, 6.45) is 5.01. The summed E-state index contributed by atoms with van der Waals surface area (Å²) in [7, 11) is 3.14. The fraction of sp³-hybridized carbons (Fsp3) is 0.182. The summed E-state index contributed by atoms with van der Waals surface area (Å²) in [5.74, 6) is 0. The summed E-state index contributed by atoms with van der Waals surface area (Å²) in [6, 6.07) is 14.5. The van der Waals surface area contributed by atoms with Gasteiger partial charge in [0, 0.05) is 37.5 Å². The molecular formula is C22H20N5O2S+.